The Morgan fingerprint density at radius 1 is 1.16 bits per heavy atom. The van der Waals surface area contributed by atoms with E-state index in [0.29, 0.717) is 5.69 Å². The molecule has 0 radical (unpaired) electrons. The summed E-state index contributed by atoms with van der Waals surface area (Å²) in [6.45, 7) is 3.66. The van der Waals surface area contributed by atoms with Gasteiger partial charge in [-0.15, -0.1) is 0 Å². The maximum atomic E-state index is 13.6. The second kappa shape index (κ2) is 7.65. The summed E-state index contributed by atoms with van der Waals surface area (Å²) >= 11 is 0. The lowest BCUT2D eigenvalue weighted by atomic mass is 10.1. The van der Waals surface area contributed by atoms with Gasteiger partial charge in [0.05, 0.1) is 17.6 Å². The number of rotatable bonds is 6. The average molecular weight is 364 g/mol. The highest BCUT2D eigenvalue weighted by Gasteiger charge is 2.20. The average Bonchev–Trinajstić information content (AvgIpc) is 2.52. The molecule has 1 amide bonds. The first-order valence-electron chi connectivity index (χ1n) is 7.78. The van der Waals surface area contributed by atoms with Gasteiger partial charge in [-0.1, -0.05) is 24.3 Å². The molecule has 0 unspecified atom stereocenters. The highest BCUT2D eigenvalue weighted by atomic mass is 32.2. The minimum atomic E-state index is -3.55. The second-order valence-electron chi connectivity index (χ2n) is 5.90. The van der Waals surface area contributed by atoms with E-state index in [1.807, 2.05) is 26.0 Å². The number of hydrogen-bond donors (Lipinski definition) is 1. The van der Waals surface area contributed by atoms with Crippen molar-refractivity contribution >= 4 is 27.3 Å². The van der Waals surface area contributed by atoms with Gasteiger partial charge in [0.25, 0.3) is 0 Å². The highest BCUT2D eigenvalue weighted by Crippen LogP contribution is 2.24. The largest absolute Gasteiger partial charge is 0.324 e. The number of benzene rings is 2. The molecule has 0 saturated carbocycles. The fourth-order valence-electron chi connectivity index (χ4n) is 2.43. The summed E-state index contributed by atoms with van der Waals surface area (Å²) in [5.74, 6) is -0.991. The van der Waals surface area contributed by atoms with E-state index in [4.69, 9.17) is 0 Å². The Bertz CT molecular complexity index is 882. The Hall–Kier alpha value is -2.41. The zero-order valence-corrected chi connectivity index (χ0v) is 15.2. The first kappa shape index (κ1) is 18.9. The predicted octanol–water partition coefficient (Wildman–Crippen LogP) is 3.24. The van der Waals surface area contributed by atoms with Crippen molar-refractivity contribution in [3.05, 3.63) is 59.4 Å². The number of amides is 1. The van der Waals surface area contributed by atoms with Crippen LogP contribution in [0.4, 0.5) is 15.8 Å². The summed E-state index contributed by atoms with van der Waals surface area (Å²) in [4.78, 5) is 12.1. The molecule has 0 fully saturated rings. The number of aryl methyl sites for hydroxylation is 2. The smallest absolute Gasteiger partial charge is 0.232 e. The van der Waals surface area contributed by atoms with Crippen molar-refractivity contribution in [3.8, 4) is 0 Å². The Balaban J connectivity index is 2.15. The van der Waals surface area contributed by atoms with Crippen LogP contribution in [0.5, 0.6) is 0 Å². The van der Waals surface area contributed by atoms with Crippen molar-refractivity contribution in [2.45, 2.75) is 20.3 Å². The van der Waals surface area contributed by atoms with Gasteiger partial charge in [-0.05, 0) is 43.2 Å². The van der Waals surface area contributed by atoms with Crippen LogP contribution in [0.3, 0.4) is 0 Å². The maximum Gasteiger partial charge on any atom is 0.232 e. The van der Waals surface area contributed by atoms with E-state index >= 15 is 0 Å². The normalized spacial score (nSPS) is 11.2. The van der Waals surface area contributed by atoms with E-state index in [-0.39, 0.29) is 18.7 Å². The number of nitrogens with zero attached hydrogens (tertiary/aromatic N) is 1. The lowest BCUT2D eigenvalue weighted by Gasteiger charge is -2.24. The molecule has 25 heavy (non-hydrogen) atoms. The molecule has 2 aromatic carbocycles. The molecule has 1 N–H and O–H groups in total. The minimum Gasteiger partial charge on any atom is -0.324 e. The fourth-order valence-corrected chi connectivity index (χ4v) is 3.41. The molecular weight excluding hydrogens is 343 g/mol. The van der Waals surface area contributed by atoms with Crippen LogP contribution >= 0.6 is 0 Å². The summed E-state index contributed by atoms with van der Waals surface area (Å²) in [6, 6.07) is 11.3. The van der Waals surface area contributed by atoms with Gasteiger partial charge in [0.1, 0.15) is 5.82 Å². The predicted molar refractivity (Wildman–Crippen MR) is 97.8 cm³/mol. The van der Waals surface area contributed by atoms with Gasteiger partial charge in [0, 0.05) is 13.0 Å². The van der Waals surface area contributed by atoms with Gasteiger partial charge in [0.15, 0.2) is 0 Å². The SMILES string of the molecule is Cc1ccc(C)c(N(CCC(=O)Nc2ccccc2F)S(C)(=O)=O)c1. The number of nitrogens with one attached hydrogen (secondary N) is 1. The fraction of sp³-hybridized carbons (Fsp3) is 0.278. The maximum absolute atomic E-state index is 13.6. The van der Waals surface area contributed by atoms with Crippen LogP contribution in [0, 0.1) is 19.7 Å². The van der Waals surface area contributed by atoms with Crippen LogP contribution in [-0.4, -0.2) is 27.1 Å². The Morgan fingerprint density at radius 2 is 1.84 bits per heavy atom. The molecule has 0 aromatic heterocycles. The van der Waals surface area contributed by atoms with E-state index < -0.39 is 21.7 Å². The summed E-state index contributed by atoms with van der Waals surface area (Å²) < 4.78 is 39.1. The van der Waals surface area contributed by atoms with Crippen LogP contribution in [-0.2, 0) is 14.8 Å². The van der Waals surface area contributed by atoms with Gasteiger partial charge in [-0.2, -0.15) is 0 Å². The Kier molecular flexibility index (Phi) is 5.79. The first-order chi connectivity index (χ1) is 11.7. The Morgan fingerprint density at radius 3 is 2.48 bits per heavy atom. The van der Waals surface area contributed by atoms with Gasteiger partial charge in [0.2, 0.25) is 15.9 Å². The summed E-state index contributed by atoms with van der Waals surface area (Å²) in [5.41, 5.74) is 2.34. The molecule has 0 atom stereocenters. The number of halogens is 1. The topological polar surface area (TPSA) is 66.5 Å². The molecule has 0 heterocycles. The van der Waals surface area contributed by atoms with Crippen LogP contribution < -0.4 is 9.62 Å². The molecule has 2 rings (SSSR count). The lowest BCUT2D eigenvalue weighted by Crippen LogP contribution is -2.33. The number of carbonyl (C=O) groups excluding carboxylic acids is 1. The molecular formula is C18H21FN2O3S. The monoisotopic (exact) mass is 364 g/mol. The van der Waals surface area contributed by atoms with Gasteiger partial charge in [-0.25, -0.2) is 12.8 Å². The van der Waals surface area contributed by atoms with Gasteiger partial charge >= 0.3 is 0 Å². The molecule has 0 aliphatic rings. The zero-order valence-electron chi connectivity index (χ0n) is 14.4. The molecule has 7 heteroatoms. The quantitative estimate of drug-likeness (QED) is 0.856. The third kappa shape index (κ3) is 5.03. The second-order valence-corrected chi connectivity index (χ2v) is 7.81. The zero-order chi connectivity index (χ0) is 18.6. The standard InChI is InChI=1S/C18H21FN2O3S/c1-13-8-9-14(2)17(12-13)21(25(3,23)24)11-10-18(22)20-16-7-5-4-6-15(16)19/h4-9,12H,10-11H2,1-3H3,(H,20,22). The van der Waals surface area contributed by atoms with Crippen LogP contribution in [0.2, 0.25) is 0 Å². The van der Waals surface area contributed by atoms with Crippen molar-refractivity contribution in [2.75, 3.05) is 22.4 Å². The molecule has 0 aliphatic carbocycles. The first-order valence-corrected chi connectivity index (χ1v) is 9.62. The summed E-state index contributed by atoms with van der Waals surface area (Å²) in [5, 5.41) is 2.46. The lowest BCUT2D eigenvalue weighted by molar-refractivity contribution is -0.116. The van der Waals surface area contributed by atoms with E-state index in [9.17, 15) is 17.6 Å². The minimum absolute atomic E-state index is 0.0244. The summed E-state index contributed by atoms with van der Waals surface area (Å²) in [7, 11) is -3.55. The van der Waals surface area contributed by atoms with Crippen molar-refractivity contribution < 1.29 is 17.6 Å². The molecule has 0 aliphatic heterocycles. The van der Waals surface area contributed by atoms with E-state index in [1.54, 1.807) is 12.1 Å². The van der Waals surface area contributed by atoms with E-state index in [0.717, 1.165) is 17.4 Å². The molecule has 2 aromatic rings. The molecule has 0 saturated heterocycles. The summed E-state index contributed by atoms with van der Waals surface area (Å²) in [6.07, 6.45) is 1.01. The number of sulfonamides is 1. The number of carbonyl (C=O) groups is 1. The van der Waals surface area contributed by atoms with Crippen LogP contribution in [0.1, 0.15) is 17.5 Å². The van der Waals surface area contributed by atoms with Crippen molar-refractivity contribution in [3.63, 3.8) is 0 Å². The van der Waals surface area contributed by atoms with E-state index in [1.165, 1.54) is 22.5 Å². The van der Waals surface area contributed by atoms with Gasteiger partial charge in [-0.3, -0.25) is 9.10 Å². The number of para-hydroxylation sites is 1. The third-order valence-electron chi connectivity index (χ3n) is 3.72. The number of anilines is 2. The molecule has 134 valence electrons. The van der Waals surface area contributed by atoms with Crippen LogP contribution in [0.25, 0.3) is 0 Å². The molecule has 0 spiro atoms. The third-order valence-corrected chi connectivity index (χ3v) is 4.90. The molecule has 5 nitrogen and oxygen atoms in total. The van der Waals surface area contributed by atoms with E-state index in [2.05, 4.69) is 5.32 Å². The van der Waals surface area contributed by atoms with Crippen LogP contribution in [0.15, 0.2) is 42.5 Å². The van der Waals surface area contributed by atoms with Crippen molar-refractivity contribution in [2.24, 2.45) is 0 Å². The van der Waals surface area contributed by atoms with Crippen molar-refractivity contribution in [1.29, 1.82) is 0 Å². The van der Waals surface area contributed by atoms with Gasteiger partial charge < -0.3 is 5.32 Å². The van der Waals surface area contributed by atoms with Crippen molar-refractivity contribution in [1.82, 2.24) is 0 Å². The number of hydrogen-bond acceptors (Lipinski definition) is 3. The molecule has 0 bridgehead atoms. The Labute approximate surface area is 147 Å². The highest BCUT2D eigenvalue weighted by molar-refractivity contribution is 7.92.